The zero-order chi connectivity index (χ0) is 12.7. The van der Waals surface area contributed by atoms with E-state index in [4.69, 9.17) is 9.68 Å². The van der Waals surface area contributed by atoms with Crippen molar-refractivity contribution in [3.05, 3.63) is 17.8 Å². The van der Waals surface area contributed by atoms with Gasteiger partial charge in [-0.1, -0.05) is 6.92 Å². The van der Waals surface area contributed by atoms with E-state index >= 15 is 0 Å². The molecule has 0 aliphatic heterocycles. The van der Waals surface area contributed by atoms with Crippen LogP contribution in [-0.2, 0) is 13.0 Å². The molecule has 1 rings (SSSR count). The zero-order valence-electron chi connectivity index (χ0n) is 10.9. The molecule has 1 heterocycles. The molecule has 1 N–H and O–H groups in total. The summed E-state index contributed by atoms with van der Waals surface area (Å²) < 4.78 is 5.48. The summed E-state index contributed by atoms with van der Waals surface area (Å²) in [6, 6.07) is 2.30. The number of oxazole rings is 1. The summed E-state index contributed by atoms with van der Waals surface area (Å²) in [5, 5.41) is 12.1. The van der Waals surface area contributed by atoms with E-state index in [9.17, 15) is 0 Å². The molecule has 0 saturated carbocycles. The average Bonchev–Trinajstić information content (AvgIpc) is 2.76. The zero-order valence-corrected chi connectivity index (χ0v) is 10.9. The van der Waals surface area contributed by atoms with Crippen molar-refractivity contribution < 1.29 is 4.42 Å². The third-order valence-electron chi connectivity index (χ3n) is 2.68. The van der Waals surface area contributed by atoms with Crippen LogP contribution in [0.15, 0.2) is 10.6 Å². The minimum atomic E-state index is -0.222. The number of nitrogens with one attached hydrogen (secondary N) is 1. The predicted molar refractivity (Wildman–Crippen MR) is 66.2 cm³/mol. The van der Waals surface area contributed by atoms with Gasteiger partial charge in [-0.2, -0.15) is 5.26 Å². The van der Waals surface area contributed by atoms with E-state index in [1.165, 1.54) is 0 Å². The first kappa shape index (κ1) is 13.7. The Hall–Kier alpha value is -1.34. The maximum Gasteiger partial charge on any atom is 0.208 e. The van der Waals surface area contributed by atoms with Crippen molar-refractivity contribution in [1.82, 2.24) is 10.3 Å². The van der Waals surface area contributed by atoms with Gasteiger partial charge in [-0.05, 0) is 33.2 Å². The highest BCUT2D eigenvalue weighted by Crippen LogP contribution is 2.19. The van der Waals surface area contributed by atoms with E-state index in [1.807, 2.05) is 20.8 Å². The average molecular weight is 235 g/mol. The highest BCUT2D eigenvalue weighted by molar-refractivity contribution is 4.93. The smallest absolute Gasteiger partial charge is 0.208 e. The van der Waals surface area contributed by atoms with E-state index in [0.717, 1.165) is 37.5 Å². The monoisotopic (exact) mass is 235 g/mol. The lowest BCUT2D eigenvalue weighted by atomic mass is 9.90. The van der Waals surface area contributed by atoms with E-state index in [0.29, 0.717) is 6.54 Å². The van der Waals surface area contributed by atoms with E-state index in [1.54, 1.807) is 6.20 Å². The van der Waals surface area contributed by atoms with Crippen molar-refractivity contribution in [2.45, 2.75) is 46.6 Å². The van der Waals surface area contributed by atoms with Gasteiger partial charge in [0.2, 0.25) is 5.89 Å². The Labute approximate surface area is 103 Å². The van der Waals surface area contributed by atoms with Gasteiger partial charge in [-0.25, -0.2) is 4.98 Å². The van der Waals surface area contributed by atoms with E-state index < -0.39 is 0 Å². The summed E-state index contributed by atoms with van der Waals surface area (Å²) in [6.07, 6.45) is 4.55. The lowest BCUT2D eigenvalue weighted by molar-refractivity contribution is 0.409. The molecule has 0 radical (unpaired) electrons. The van der Waals surface area contributed by atoms with E-state index in [-0.39, 0.29) is 5.41 Å². The highest BCUT2D eigenvalue weighted by atomic mass is 16.4. The molecule has 4 nitrogen and oxygen atoms in total. The number of nitriles is 1. The van der Waals surface area contributed by atoms with Gasteiger partial charge in [0.1, 0.15) is 5.76 Å². The molecule has 0 fully saturated rings. The molecule has 0 aliphatic rings. The van der Waals surface area contributed by atoms with Crippen molar-refractivity contribution in [1.29, 1.82) is 5.26 Å². The largest absolute Gasteiger partial charge is 0.444 e. The van der Waals surface area contributed by atoms with Gasteiger partial charge in [0.25, 0.3) is 0 Å². The maximum atomic E-state index is 8.86. The molecule has 0 amide bonds. The minimum absolute atomic E-state index is 0.222. The van der Waals surface area contributed by atoms with Gasteiger partial charge in [-0.15, -0.1) is 0 Å². The van der Waals surface area contributed by atoms with Gasteiger partial charge in [-0.3, -0.25) is 0 Å². The second kappa shape index (κ2) is 6.41. The minimum Gasteiger partial charge on any atom is -0.444 e. The summed E-state index contributed by atoms with van der Waals surface area (Å²) in [5.74, 6) is 1.66. The fourth-order valence-corrected chi connectivity index (χ4v) is 1.50. The Balaban J connectivity index is 2.15. The molecule has 1 aromatic heterocycles. The number of rotatable bonds is 7. The Morgan fingerprint density at radius 2 is 2.29 bits per heavy atom. The third-order valence-corrected chi connectivity index (χ3v) is 2.68. The van der Waals surface area contributed by atoms with Crippen molar-refractivity contribution in [2.24, 2.45) is 5.41 Å². The molecule has 0 unspecified atom stereocenters. The fourth-order valence-electron chi connectivity index (χ4n) is 1.50. The number of nitrogens with zero attached hydrogens (tertiary/aromatic N) is 2. The molecule has 4 heteroatoms. The third kappa shape index (κ3) is 5.01. The van der Waals surface area contributed by atoms with Crippen LogP contribution in [0.1, 0.15) is 45.3 Å². The van der Waals surface area contributed by atoms with Gasteiger partial charge in [0.05, 0.1) is 24.2 Å². The molecule has 94 valence electrons. The van der Waals surface area contributed by atoms with Crippen molar-refractivity contribution in [3.63, 3.8) is 0 Å². The van der Waals surface area contributed by atoms with Gasteiger partial charge >= 0.3 is 0 Å². The number of aromatic nitrogens is 1. The van der Waals surface area contributed by atoms with Gasteiger partial charge < -0.3 is 9.73 Å². The molecule has 0 atom stereocenters. The first-order valence-electron chi connectivity index (χ1n) is 6.13. The van der Waals surface area contributed by atoms with Crippen molar-refractivity contribution >= 4 is 0 Å². The molecule has 17 heavy (non-hydrogen) atoms. The van der Waals surface area contributed by atoms with Crippen LogP contribution in [0.5, 0.6) is 0 Å². The van der Waals surface area contributed by atoms with Crippen LogP contribution in [0, 0.1) is 16.7 Å². The summed E-state index contributed by atoms with van der Waals surface area (Å²) in [5.41, 5.74) is -0.222. The van der Waals surface area contributed by atoms with E-state index in [2.05, 4.69) is 16.4 Å². The molecule has 0 bridgehead atoms. The number of hydrogen-bond acceptors (Lipinski definition) is 4. The first-order valence-corrected chi connectivity index (χ1v) is 6.13. The quantitative estimate of drug-likeness (QED) is 0.738. The maximum absolute atomic E-state index is 8.86. The number of aryl methyl sites for hydroxylation is 1. The molecular formula is C13H21N3O. The summed E-state index contributed by atoms with van der Waals surface area (Å²) in [6.45, 7) is 7.52. The number of hydrogen-bond donors (Lipinski definition) is 1. The summed E-state index contributed by atoms with van der Waals surface area (Å²) in [7, 11) is 0. The highest BCUT2D eigenvalue weighted by Gasteiger charge is 2.15. The van der Waals surface area contributed by atoms with Crippen LogP contribution in [0.4, 0.5) is 0 Å². The molecule has 0 saturated heterocycles. The molecule has 0 aliphatic carbocycles. The first-order chi connectivity index (χ1) is 8.07. The van der Waals surface area contributed by atoms with Crippen LogP contribution in [0.2, 0.25) is 0 Å². The molecule has 0 spiro atoms. The molecule has 1 aromatic rings. The van der Waals surface area contributed by atoms with Gasteiger partial charge in [0.15, 0.2) is 0 Å². The normalized spacial score (nSPS) is 11.4. The second-order valence-electron chi connectivity index (χ2n) is 4.85. The standard InChI is InChI=1S/C13H21N3O/c1-4-11-8-16-12(17-11)9-15-7-5-6-13(2,3)10-14/h8,15H,4-7,9H2,1-3H3. The van der Waals surface area contributed by atoms with Crippen LogP contribution >= 0.6 is 0 Å². The Kier molecular flexibility index (Phi) is 5.17. The Morgan fingerprint density at radius 3 is 2.88 bits per heavy atom. The molecular weight excluding hydrogens is 214 g/mol. The predicted octanol–water partition coefficient (Wildman–Crippen LogP) is 2.66. The van der Waals surface area contributed by atoms with Crippen molar-refractivity contribution in [2.75, 3.05) is 6.54 Å². The van der Waals surface area contributed by atoms with Crippen LogP contribution in [0.3, 0.4) is 0 Å². The summed E-state index contributed by atoms with van der Waals surface area (Å²) >= 11 is 0. The fraction of sp³-hybridized carbons (Fsp3) is 0.692. The lowest BCUT2D eigenvalue weighted by Crippen LogP contribution is -2.17. The van der Waals surface area contributed by atoms with Crippen LogP contribution < -0.4 is 5.32 Å². The Morgan fingerprint density at radius 1 is 1.53 bits per heavy atom. The molecule has 0 aromatic carbocycles. The van der Waals surface area contributed by atoms with Gasteiger partial charge in [0, 0.05) is 6.42 Å². The van der Waals surface area contributed by atoms with Crippen molar-refractivity contribution in [3.8, 4) is 6.07 Å². The lowest BCUT2D eigenvalue weighted by Gasteiger charge is -2.14. The Bertz CT molecular complexity index is 376. The SMILES string of the molecule is CCc1cnc(CNCCCC(C)(C)C#N)o1. The van der Waals surface area contributed by atoms with Crippen LogP contribution in [-0.4, -0.2) is 11.5 Å². The summed E-state index contributed by atoms with van der Waals surface area (Å²) in [4.78, 5) is 4.17. The topological polar surface area (TPSA) is 61.9 Å². The second-order valence-corrected chi connectivity index (χ2v) is 4.85. The van der Waals surface area contributed by atoms with Crippen LogP contribution in [0.25, 0.3) is 0 Å².